The molecule has 0 aliphatic rings. The van der Waals surface area contributed by atoms with Crippen molar-refractivity contribution in [2.45, 2.75) is 13.5 Å². The third-order valence-corrected chi connectivity index (χ3v) is 4.18. The number of pyridine rings is 1. The van der Waals surface area contributed by atoms with Crippen LogP contribution in [0.1, 0.15) is 11.3 Å². The number of hydrogen-bond acceptors (Lipinski definition) is 6. The first-order chi connectivity index (χ1) is 13.0. The van der Waals surface area contributed by atoms with Gasteiger partial charge in [0.15, 0.2) is 0 Å². The van der Waals surface area contributed by atoms with Crippen LogP contribution >= 0.6 is 0 Å². The molecule has 27 heavy (non-hydrogen) atoms. The fraction of sp³-hybridized carbons (Fsp3) is 0.211. The Morgan fingerprint density at radius 1 is 1.30 bits per heavy atom. The van der Waals surface area contributed by atoms with Crippen molar-refractivity contribution in [3.8, 4) is 34.2 Å². The fourth-order valence-electron chi connectivity index (χ4n) is 2.86. The van der Waals surface area contributed by atoms with E-state index in [-0.39, 0.29) is 23.6 Å². The highest BCUT2D eigenvalue weighted by molar-refractivity contribution is 5.81. The van der Waals surface area contributed by atoms with Gasteiger partial charge in [-0.25, -0.2) is 9.37 Å². The van der Waals surface area contributed by atoms with Gasteiger partial charge in [0.1, 0.15) is 29.0 Å². The number of rotatable bonds is 5. The predicted octanol–water partition coefficient (Wildman–Crippen LogP) is 2.51. The molecule has 3 rings (SSSR count). The summed E-state index contributed by atoms with van der Waals surface area (Å²) in [6, 6.07) is 8.11. The smallest absolute Gasteiger partial charge is 0.142 e. The maximum atomic E-state index is 14.5. The van der Waals surface area contributed by atoms with Gasteiger partial charge in [0.2, 0.25) is 0 Å². The summed E-state index contributed by atoms with van der Waals surface area (Å²) in [5.74, 6) is -0.113. The molecule has 0 aliphatic carbocycles. The Bertz CT molecular complexity index is 1040. The lowest BCUT2D eigenvalue weighted by atomic mass is 9.99. The minimum atomic E-state index is -0.510. The Labute approximate surface area is 155 Å². The molecule has 0 bridgehead atoms. The minimum absolute atomic E-state index is 0.00882. The van der Waals surface area contributed by atoms with E-state index < -0.39 is 5.82 Å². The largest absolute Gasteiger partial charge is 0.497 e. The number of anilines is 1. The van der Waals surface area contributed by atoms with E-state index in [4.69, 9.17) is 15.6 Å². The van der Waals surface area contributed by atoms with Crippen LogP contribution in [0.5, 0.6) is 5.75 Å². The van der Waals surface area contributed by atoms with Gasteiger partial charge in [0, 0.05) is 29.0 Å². The lowest BCUT2D eigenvalue weighted by Gasteiger charge is -2.11. The van der Waals surface area contributed by atoms with Crippen LogP contribution in [0.4, 0.5) is 10.2 Å². The van der Waals surface area contributed by atoms with Crippen molar-refractivity contribution >= 4 is 5.82 Å². The minimum Gasteiger partial charge on any atom is -0.497 e. The molecule has 0 atom stereocenters. The zero-order valence-corrected chi connectivity index (χ0v) is 14.9. The summed E-state index contributed by atoms with van der Waals surface area (Å²) >= 11 is 0. The van der Waals surface area contributed by atoms with E-state index in [1.165, 1.54) is 13.2 Å². The molecule has 0 saturated carbocycles. The average molecular weight is 367 g/mol. The predicted molar refractivity (Wildman–Crippen MR) is 98.4 cm³/mol. The number of aromatic nitrogens is 3. The molecule has 2 aromatic heterocycles. The highest BCUT2D eigenvalue weighted by atomic mass is 19.1. The first-order valence-corrected chi connectivity index (χ1v) is 8.18. The van der Waals surface area contributed by atoms with Gasteiger partial charge >= 0.3 is 0 Å². The molecule has 0 saturated heterocycles. The molecule has 7 nitrogen and oxygen atoms in total. The quantitative estimate of drug-likeness (QED) is 0.717. The van der Waals surface area contributed by atoms with E-state index in [9.17, 15) is 9.65 Å². The summed E-state index contributed by atoms with van der Waals surface area (Å²) in [7, 11) is 1.46. The Morgan fingerprint density at radius 3 is 2.70 bits per heavy atom. The van der Waals surface area contributed by atoms with Crippen molar-refractivity contribution in [1.29, 1.82) is 5.26 Å². The van der Waals surface area contributed by atoms with Crippen LogP contribution in [-0.2, 0) is 6.54 Å². The van der Waals surface area contributed by atoms with E-state index in [0.29, 0.717) is 34.8 Å². The second kappa shape index (κ2) is 7.43. The van der Waals surface area contributed by atoms with Gasteiger partial charge < -0.3 is 15.6 Å². The van der Waals surface area contributed by atoms with Crippen molar-refractivity contribution in [1.82, 2.24) is 14.8 Å². The molecular formula is C19H18FN5O2. The number of aliphatic hydroxyl groups excluding tert-OH is 1. The Kier molecular flexibility index (Phi) is 5.05. The van der Waals surface area contributed by atoms with E-state index in [1.54, 1.807) is 36.0 Å². The molecular weight excluding hydrogens is 349 g/mol. The van der Waals surface area contributed by atoms with Gasteiger partial charge in [0.25, 0.3) is 0 Å². The normalized spacial score (nSPS) is 10.6. The highest BCUT2D eigenvalue weighted by Gasteiger charge is 2.18. The van der Waals surface area contributed by atoms with Crippen molar-refractivity contribution in [2.75, 3.05) is 19.5 Å². The molecule has 0 fully saturated rings. The van der Waals surface area contributed by atoms with E-state index in [1.807, 2.05) is 0 Å². The number of nitriles is 1. The fourth-order valence-corrected chi connectivity index (χ4v) is 2.86. The standard InChI is InChI=1S/C19H18FN5O2/c1-11-16(10-25(24-11)5-6-26)14-8-18(23-19(22)15(14)9-21)13-4-3-12(27-2)7-17(13)20/h3-4,7-8,10,26H,5-6H2,1-2H3,(H2,22,23). The number of benzene rings is 1. The van der Waals surface area contributed by atoms with Gasteiger partial charge in [-0.3, -0.25) is 4.68 Å². The van der Waals surface area contributed by atoms with Gasteiger partial charge in [0.05, 0.1) is 31.6 Å². The van der Waals surface area contributed by atoms with Crippen molar-refractivity contribution in [2.24, 2.45) is 0 Å². The van der Waals surface area contributed by atoms with E-state index in [0.717, 1.165) is 0 Å². The van der Waals surface area contributed by atoms with E-state index >= 15 is 0 Å². The first kappa shape index (κ1) is 18.4. The SMILES string of the molecule is COc1ccc(-c2cc(-c3cn(CCO)nc3C)c(C#N)c(N)n2)c(F)c1. The molecule has 1 aromatic carbocycles. The monoisotopic (exact) mass is 367 g/mol. The third kappa shape index (κ3) is 3.45. The average Bonchev–Trinajstić information content (AvgIpc) is 3.01. The number of ether oxygens (including phenoxy) is 1. The van der Waals surface area contributed by atoms with Crippen LogP contribution in [-0.4, -0.2) is 33.6 Å². The van der Waals surface area contributed by atoms with Crippen LogP contribution in [0.3, 0.4) is 0 Å². The Morgan fingerprint density at radius 2 is 2.07 bits per heavy atom. The molecule has 0 spiro atoms. The molecule has 3 aromatic rings. The number of nitrogen functional groups attached to an aromatic ring is 1. The number of nitrogens with two attached hydrogens (primary N) is 1. The number of halogens is 1. The summed E-state index contributed by atoms with van der Waals surface area (Å²) in [6.45, 7) is 2.05. The summed E-state index contributed by atoms with van der Waals surface area (Å²) in [4.78, 5) is 4.20. The first-order valence-electron chi connectivity index (χ1n) is 8.18. The molecule has 3 N–H and O–H groups in total. The maximum Gasteiger partial charge on any atom is 0.142 e. The number of methoxy groups -OCH3 is 1. The zero-order valence-electron chi connectivity index (χ0n) is 14.9. The van der Waals surface area contributed by atoms with Crippen LogP contribution in [0, 0.1) is 24.1 Å². The maximum absolute atomic E-state index is 14.5. The van der Waals surface area contributed by atoms with Gasteiger partial charge in [-0.1, -0.05) is 0 Å². The molecule has 0 radical (unpaired) electrons. The Hall–Kier alpha value is -3.44. The van der Waals surface area contributed by atoms with Crippen LogP contribution < -0.4 is 10.5 Å². The summed E-state index contributed by atoms with van der Waals surface area (Å²) in [5.41, 5.74) is 8.56. The van der Waals surface area contributed by atoms with Crippen LogP contribution in [0.2, 0.25) is 0 Å². The third-order valence-electron chi connectivity index (χ3n) is 4.18. The molecule has 138 valence electrons. The molecule has 0 aliphatic heterocycles. The van der Waals surface area contributed by atoms with Gasteiger partial charge in [-0.15, -0.1) is 0 Å². The summed E-state index contributed by atoms with van der Waals surface area (Å²) in [6.07, 6.45) is 1.72. The Balaban J connectivity index is 2.19. The molecule has 0 unspecified atom stereocenters. The lowest BCUT2D eigenvalue weighted by Crippen LogP contribution is -2.02. The van der Waals surface area contributed by atoms with Gasteiger partial charge in [-0.05, 0) is 25.1 Å². The van der Waals surface area contributed by atoms with Crippen molar-refractivity contribution < 1.29 is 14.2 Å². The lowest BCUT2D eigenvalue weighted by molar-refractivity contribution is 0.269. The van der Waals surface area contributed by atoms with E-state index in [2.05, 4.69) is 16.2 Å². The van der Waals surface area contributed by atoms with Crippen molar-refractivity contribution in [3.63, 3.8) is 0 Å². The second-order valence-corrected chi connectivity index (χ2v) is 5.89. The number of nitrogens with zero attached hydrogens (tertiary/aromatic N) is 4. The van der Waals surface area contributed by atoms with Crippen LogP contribution in [0.15, 0.2) is 30.5 Å². The summed E-state index contributed by atoms with van der Waals surface area (Å²) in [5, 5.41) is 22.9. The summed E-state index contributed by atoms with van der Waals surface area (Å²) < 4.78 is 21.1. The number of hydrogen-bond donors (Lipinski definition) is 2. The van der Waals surface area contributed by atoms with Crippen molar-refractivity contribution in [3.05, 3.63) is 47.5 Å². The number of aryl methyl sites for hydroxylation is 1. The number of aliphatic hydroxyl groups is 1. The molecule has 8 heteroatoms. The van der Waals surface area contributed by atoms with Crippen LogP contribution in [0.25, 0.3) is 22.4 Å². The molecule has 0 amide bonds. The molecule has 2 heterocycles. The topological polar surface area (TPSA) is 110 Å². The van der Waals surface area contributed by atoms with Gasteiger partial charge in [-0.2, -0.15) is 10.4 Å². The zero-order chi connectivity index (χ0) is 19.6. The highest BCUT2D eigenvalue weighted by Crippen LogP contribution is 2.34. The second-order valence-electron chi connectivity index (χ2n) is 5.89.